The minimum atomic E-state index is -1.01. The predicted octanol–water partition coefficient (Wildman–Crippen LogP) is 2.81. The van der Waals surface area contributed by atoms with E-state index in [1.165, 1.54) is 12.1 Å². The molecule has 0 aliphatic heterocycles. The van der Waals surface area contributed by atoms with Gasteiger partial charge in [0.25, 0.3) is 0 Å². The van der Waals surface area contributed by atoms with Crippen LogP contribution in [0, 0.1) is 17.8 Å². The van der Waals surface area contributed by atoms with E-state index in [1.54, 1.807) is 54.5 Å². The number of carbonyl (C=O) groups is 4. The van der Waals surface area contributed by atoms with E-state index in [1.807, 2.05) is 0 Å². The zero-order valence-corrected chi connectivity index (χ0v) is 20.4. The van der Waals surface area contributed by atoms with Crippen LogP contribution in [0.4, 0.5) is 0 Å². The third-order valence-electron chi connectivity index (χ3n) is 4.38. The zero-order valence-electron chi connectivity index (χ0n) is 20.4. The Labute approximate surface area is 194 Å². The van der Waals surface area contributed by atoms with Crippen LogP contribution in [0.5, 0.6) is 11.5 Å². The Kier molecular flexibility index (Phi) is 11.0. The standard InChI is InChI=1S/C24H35NO8/c1-13(2)21(26)30-12-16(7)31-24(29)18(25)10-17-8-9-19(32-22(27)14(3)4)20(11-17)33-23(28)15(5)6/h8-9,11,13-16,18H,10,12,25H2,1-7H3/t16-,18-/m0/s1. The monoisotopic (exact) mass is 465 g/mol. The molecule has 0 radical (unpaired) electrons. The van der Waals surface area contributed by atoms with E-state index in [-0.39, 0.29) is 42.3 Å². The minimum Gasteiger partial charge on any atom is -0.462 e. The van der Waals surface area contributed by atoms with E-state index in [0.29, 0.717) is 5.56 Å². The van der Waals surface area contributed by atoms with Gasteiger partial charge in [-0.15, -0.1) is 0 Å². The van der Waals surface area contributed by atoms with Crippen LogP contribution >= 0.6 is 0 Å². The van der Waals surface area contributed by atoms with E-state index in [0.717, 1.165) is 0 Å². The van der Waals surface area contributed by atoms with Crippen molar-refractivity contribution in [2.24, 2.45) is 23.5 Å². The Morgan fingerprint density at radius 2 is 1.27 bits per heavy atom. The van der Waals surface area contributed by atoms with Crippen LogP contribution in [0.25, 0.3) is 0 Å². The van der Waals surface area contributed by atoms with Gasteiger partial charge in [-0.1, -0.05) is 47.6 Å². The molecular formula is C24H35NO8. The van der Waals surface area contributed by atoms with E-state index in [4.69, 9.17) is 24.7 Å². The van der Waals surface area contributed by atoms with Crippen LogP contribution in [-0.4, -0.2) is 42.6 Å². The fourth-order valence-corrected chi connectivity index (χ4v) is 2.32. The zero-order chi connectivity index (χ0) is 25.3. The van der Waals surface area contributed by atoms with Gasteiger partial charge in [-0.3, -0.25) is 19.2 Å². The van der Waals surface area contributed by atoms with Crippen molar-refractivity contribution in [1.82, 2.24) is 0 Å². The molecule has 2 atom stereocenters. The molecular weight excluding hydrogens is 430 g/mol. The molecule has 0 amide bonds. The molecule has 0 saturated heterocycles. The number of hydrogen-bond acceptors (Lipinski definition) is 9. The summed E-state index contributed by atoms with van der Waals surface area (Å²) in [7, 11) is 0. The minimum absolute atomic E-state index is 0.0646. The van der Waals surface area contributed by atoms with E-state index >= 15 is 0 Å². The lowest BCUT2D eigenvalue weighted by Crippen LogP contribution is -2.37. The first-order valence-electron chi connectivity index (χ1n) is 11.0. The molecule has 9 heteroatoms. The second-order valence-electron chi connectivity index (χ2n) is 8.78. The van der Waals surface area contributed by atoms with Gasteiger partial charge in [-0.25, -0.2) is 0 Å². The smallest absolute Gasteiger partial charge is 0.323 e. The maximum absolute atomic E-state index is 12.3. The highest BCUT2D eigenvalue weighted by atomic mass is 16.6. The number of benzene rings is 1. The molecule has 0 bridgehead atoms. The summed E-state index contributed by atoms with van der Waals surface area (Å²) in [5, 5.41) is 0. The molecule has 33 heavy (non-hydrogen) atoms. The summed E-state index contributed by atoms with van der Waals surface area (Å²) >= 11 is 0. The second kappa shape index (κ2) is 12.9. The predicted molar refractivity (Wildman–Crippen MR) is 120 cm³/mol. The molecule has 184 valence electrons. The van der Waals surface area contributed by atoms with Crippen molar-refractivity contribution < 1.29 is 38.1 Å². The highest BCUT2D eigenvalue weighted by molar-refractivity contribution is 5.78. The maximum atomic E-state index is 12.3. The highest BCUT2D eigenvalue weighted by Crippen LogP contribution is 2.30. The van der Waals surface area contributed by atoms with E-state index < -0.39 is 36.0 Å². The molecule has 0 aromatic heterocycles. The van der Waals surface area contributed by atoms with Crippen LogP contribution in [0.15, 0.2) is 18.2 Å². The molecule has 0 unspecified atom stereocenters. The summed E-state index contributed by atoms with van der Waals surface area (Å²) in [5.41, 5.74) is 6.56. The summed E-state index contributed by atoms with van der Waals surface area (Å²) in [4.78, 5) is 48.0. The number of hydrogen-bond donors (Lipinski definition) is 1. The largest absolute Gasteiger partial charge is 0.462 e. The summed E-state index contributed by atoms with van der Waals surface area (Å²) in [6.07, 6.45) is -0.575. The highest BCUT2D eigenvalue weighted by Gasteiger charge is 2.22. The van der Waals surface area contributed by atoms with Crippen molar-refractivity contribution in [2.75, 3.05) is 6.61 Å². The molecule has 0 spiro atoms. The van der Waals surface area contributed by atoms with E-state index in [9.17, 15) is 19.2 Å². The van der Waals surface area contributed by atoms with Gasteiger partial charge in [0.05, 0.1) is 17.8 Å². The van der Waals surface area contributed by atoms with Crippen LogP contribution in [-0.2, 0) is 35.1 Å². The van der Waals surface area contributed by atoms with Gasteiger partial charge in [0.15, 0.2) is 11.5 Å². The van der Waals surface area contributed by atoms with Crippen LogP contribution in [0.3, 0.4) is 0 Å². The summed E-state index contributed by atoms with van der Waals surface area (Å²) in [6, 6.07) is 3.61. The topological polar surface area (TPSA) is 131 Å². The molecule has 1 rings (SSSR count). The number of ether oxygens (including phenoxy) is 4. The van der Waals surface area contributed by atoms with Gasteiger partial charge >= 0.3 is 23.9 Å². The van der Waals surface area contributed by atoms with Gasteiger partial charge in [-0.05, 0) is 31.0 Å². The number of esters is 4. The van der Waals surface area contributed by atoms with Gasteiger partial charge in [-0.2, -0.15) is 0 Å². The average molecular weight is 466 g/mol. The quantitative estimate of drug-likeness (QED) is 0.387. The van der Waals surface area contributed by atoms with Crippen molar-refractivity contribution in [3.05, 3.63) is 23.8 Å². The number of nitrogens with two attached hydrogens (primary N) is 1. The fourth-order valence-electron chi connectivity index (χ4n) is 2.32. The average Bonchev–Trinajstić information content (AvgIpc) is 2.73. The first-order chi connectivity index (χ1) is 15.3. The number of carbonyl (C=O) groups excluding carboxylic acids is 4. The van der Waals surface area contributed by atoms with Crippen molar-refractivity contribution in [3.8, 4) is 11.5 Å². The molecule has 0 fully saturated rings. The third kappa shape index (κ3) is 9.61. The Morgan fingerprint density at radius 3 is 1.79 bits per heavy atom. The lowest BCUT2D eigenvalue weighted by Gasteiger charge is -2.18. The molecule has 0 saturated carbocycles. The summed E-state index contributed by atoms with van der Waals surface area (Å²) in [6.45, 7) is 11.7. The Balaban J connectivity index is 2.88. The lowest BCUT2D eigenvalue weighted by molar-refractivity contribution is -0.160. The van der Waals surface area contributed by atoms with Crippen molar-refractivity contribution in [2.45, 2.75) is 67.0 Å². The van der Waals surface area contributed by atoms with Crippen LogP contribution < -0.4 is 15.2 Å². The first-order valence-corrected chi connectivity index (χ1v) is 11.0. The van der Waals surface area contributed by atoms with Gasteiger partial charge < -0.3 is 24.7 Å². The molecule has 1 aromatic rings. The van der Waals surface area contributed by atoms with Gasteiger partial charge in [0, 0.05) is 0 Å². The molecule has 0 aliphatic rings. The molecule has 2 N–H and O–H groups in total. The Hall–Kier alpha value is -2.94. The first kappa shape index (κ1) is 28.1. The Bertz CT molecular complexity index is 847. The molecule has 9 nitrogen and oxygen atoms in total. The van der Waals surface area contributed by atoms with Crippen LogP contribution in [0.1, 0.15) is 54.0 Å². The van der Waals surface area contributed by atoms with Crippen molar-refractivity contribution in [3.63, 3.8) is 0 Å². The SMILES string of the molecule is CC(C)C(=O)OC[C@H](C)OC(=O)[C@@H](N)Cc1ccc(OC(=O)C(C)C)c(OC(=O)C(C)C)c1. The van der Waals surface area contributed by atoms with Gasteiger partial charge in [0.2, 0.25) is 0 Å². The van der Waals surface area contributed by atoms with Crippen molar-refractivity contribution in [1.29, 1.82) is 0 Å². The number of rotatable bonds is 11. The molecule has 0 heterocycles. The molecule has 1 aromatic carbocycles. The Morgan fingerprint density at radius 1 is 0.758 bits per heavy atom. The molecule has 0 aliphatic carbocycles. The van der Waals surface area contributed by atoms with Crippen molar-refractivity contribution >= 4 is 23.9 Å². The second-order valence-corrected chi connectivity index (χ2v) is 8.78. The van der Waals surface area contributed by atoms with Gasteiger partial charge in [0.1, 0.15) is 18.8 Å². The summed E-state index contributed by atoms with van der Waals surface area (Å²) < 4.78 is 21.0. The summed E-state index contributed by atoms with van der Waals surface area (Å²) in [5.74, 6) is -2.91. The van der Waals surface area contributed by atoms with E-state index in [2.05, 4.69) is 0 Å². The fraction of sp³-hybridized carbons (Fsp3) is 0.583. The van der Waals surface area contributed by atoms with Crippen LogP contribution in [0.2, 0.25) is 0 Å². The lowest BCUT2D eigenvalue weighted by atomic mass is 10.1. The maximum Gasteiger partial charge on any atom is 0.323 e. The third-order valence-corrected chi connectivity index (χ3v) is 4.38. The normalized spacial score (nSPS) is 12.9.